The first-order valence-corrected chi connectivity index (χ1v) is 8.09. The summed E-state index contributed by atoms with van der Waals surface area (Å²) in [7, 11) is 0. The van der Waals surface area contributed by atoms with E-state index in [1.165, 1.54) is 12.1 Å². The second kappa shape index (κ2) is 5.74. The highest BCUT2D eigenvalue weighted by Gasteiger charge is 2.51. The van der Waals surface area contributed by atoms with Crippen molar-refractivity contribution in [2.45, 2.75) is 44.6 Å². The number of carbonyl (C=O) groups is 1. The largest absolute Gasteiger partial charge is 0.466 e. The van der Waals surface area contributed by atoms with Gasteiger partial charge in [0.2, 0.25) is 5.91 Å². The van der Waals surface area contributed by atoms with Gasteiger partial charge in [-0.05, 0) is 57.4 Å². The smallest absolute Gasteiger partial charge is 0.230 e. The summed E-state index contributed by atoms with van der Waals surface area (Å²) in [6, 6.07) is 7.84. The van der Waals surface area contributed by atoms with Crippen LogP contribution in [0.25, 0.3) is 0 Å². The van der Waals surface area contributed by atoms with E-state index in [9.17, 15) is 14.3 Å². The number of furan rings is 1. The second-order valence-corrected chi connectivity index (χ2v) is 6.87. The number of aryl methyl sites for hydroxylation is 2. The van der Waals surface area contributed by atoms with Gasteiger partial charge < -0.3 is 14.8 Å². The number of hydrogen-bond acceptors (Lipinski definition) is 3. The Hall–Kier alpha value is -2.14. The van der Waals surface area contributed by atoms with Crippen molar-refractivity contribution in [3.05, 3.63) is 58.8 Å². The molecule has 1 amide bonds. The minimum Gasteiger partial charge on any atom is -0.466 e. The summed E-state index contributed by atoms with van der Waals surface area (Å²) in [4.78, 5) is 12.6. The average molecular weight is 331 g/mol. The van der Waals surface area contributed by atoms with Gasteiger partial charge in [0.05, 0.1) is 12.0 Å². The molecular formula is C19H22FNO3. The minimum atomic E-state index is -1.21. The first-order chi connectivity index (χ1) is 11.2. The van der Waals surface area contributed by atoms with Crippen LogP contribution in [0.4, 0.5) is 4.39 Å². The van der Waals surface area contributed by atoms with Crippen LogP contribution in [0.15, 0.2) is 34.7 Å². The van der Waals surface area contributed by atoms with Crippen molar-refractivity contribution in [1.82, 2.24) is 5.32 Å². The fraction of sp³-hybridized carbons (Fsp3) is 0.421. The monoisotopic (exact) mass is 331 g/mol. The molecule has 128 valence electrons. The number of nitrogens with one attached hydrogen (secondary N) is 1. The maximum Gasteiger partial charge on any atom is 0.230 e. The summed E-state index contributed by atoms with van der Waals surface area (Å²) in [6.45, 7) is 5.36. The number of rotatable bonds is 5. The molecule has 1 aliphatic rings. The van der Waals surface area contributed by atoms with Crippen molar-refractivity contribution >= 4 is 5.91 Å². The Morgan fingerprint density at radius 1 is 1.33 bits per heavy atom. The van der Waals surface area contributed by atoms with Gasteiger partial charge in [0.1, 0.15) is 22.9 Å². The van der Waals surface area contributed by atoms with Gasteiger partial charge in [-0.25, -0.2) is 4.39 Å². The Morgan fingerprint density at radius 3 is 2.46 bits per heavy atom. The van der Waals surface area contributed by atoms with E-state index < -0.39 is 11.0 Å². The van der Waals surface area contributed by atoms with Crippen LogP contribution in [-0.4, -0.2) is 17.6 Å². The normalized spacial score (nSPS) is 18.0. The lowest BCUT2D eigenvalue weighted by molar-refractivity contribution is -0.124. The Morgan fingerprint density at radius 2 is 1.96 bits per heavy atom. The SMILES string of the molecule is Cc1cc(C(C)(O)CNC(=O)C2(c3ccc(F)cc3)CC2)c(C)o1. The van der Waals surface area contributed by atoms with E-state index in [0.29, 0.717) is 11.3 Å². The molecule has 4 nitrogen and oxygen atoms in total. The van der Waals surface area contributed by atoms with E-state index in [2.05, 4.69) is 5.32 Å². The van der Waals surface area contributed by atoms with Gasteiger partial charge in [-0.15, -0.1) is 0 Å². The lowest BCUT2D eigenvalue weighted by Crippen LogP contribution is -2.43. The summed E-state index contributed by atoms with van der Waals surface area (Å²) in [5.74, 6) is 0.918. The molecule has 0 aliphatic heterocycles. The topological polar surface area (TPSA) is 62.5 Å². The molecule has 2 N–H and O–H groups in total. The summed E-state index contributed by atoms with van der Waals surface area (Å²) in [5, 5.41) is 13.5. The van der Waals surface area contributed by atoms with Crippen LogP contribution in [0, 0.1) is 19.7 Å². The van der Waals surface area contributed by atoms with Crippen molar-refractivity contribution in [2.75, 3.05) is 6.54 Å². The van der Waals surface area contributed by atoms with Crippen LogP contribution in [-0.2, 0) is 15.8 Å². The molecular weight excluding hydrogens is 309 g/mol. The quantitative estimate of drug-likeness (QED) is 0.885. The van der Waals surface area contributed by atoms with Crippen LogP contribution >= 0.6 is 0 Å². The van der Waals surface area contributed by atoms with Crippen LogP contribution in [0.5, 0.6) is 0 Å². The molecule has 1 aromatic carbocycles. The van der Waals surface area contributed by atoms with E-state index in [1.807, 2.05) is 6.92 Å². The van der Waals surface area contributed by atoms with Gasteiger partial charge in [-0.1, -0.05) is 12.1 Å². The molecule has 0 radical (unpaired) electrons. The molecule has 0 bridgehead atoms. The maximum atomic E-state index is 13.1. The molecule has 1 atom stereocenters. The summed E-state index contributed by atoms with van der Waals surface area (Å²) in [6.07, 6.45) is 1.47. The standard InChI is InChI=1S/C19H22FNO3/c1-12-10-16(13(2)24-12)18(3,23)11-21-17(22)19(8-9-19)14-4-6-15(20)7-5-14/h4-7,10,23H,8-9,11H2,1-3H3,(H,21,22). The van der Waals surface area contributed by atoms with Crippen molar-refractivity contribution < 1.29 is 18.7 Å². The van der Waals surface area contributed by atoms with E-state index in [-0.39, 0.29) is 18.3 Å². The van der Waals surface area contributed by atoms with Gasteiger partial charge in [0.25, 0.3) is 0 Å². The van der Waals surface area contributed by atoms with Crippen molar-refractivity contribution in [3.63, 3.8) is 0 Å². The molecule has 5 heteroatoms. The number of benzene rings is 1. The second-order valence-electron chi connectivity index (χ2n) is 6.87. The molecule has 1 fully saturated rings. The third-order valence-corrected chi connectivity index (χ3v) is 4.80. The predicted octanol–water partition coefficient (Wildman–Crippen LogP) is 3.09. The lowest BCUT2D eigenvalue weighted by Gasteiger charge is -2.25. The van der Waals surface area contributed by atoms with Gasteiger partial charge in [0, 0.05) is 5.56 Å². The molecule has 1 saturated carbocycles. The molecule has 1 heterocycles. The predicted molar refractivity (Wildman–Crippen MR) is 88.1 cm³/mol. The first-order valence-electron chi connectivity index (χ1n) is 8.09. The summed E-state index contributed by atoms with van der Waals surface area (Å²) in [5.41, 5.74) is -0.315. The third kappa shape index (κ3) is 2.96. The molecule has 0 saturated heterocycles. The number of amides is 1. The van der Waals surface area contributed by atoms with Crippen LogP contribution < -0.4 is 5.32 Å². The molecule has 1 aromatic heterocycles. The summed E-state index contributed by atoms with van der Waals surface area (Å²) < 4.78 is 18.5. The number of halogens is 1. The highest BCUT2D eigenvalue weighted by molar-refractivity contribution is 5.91. The minimum absolute atomic E-state index is 0.0919. The van der Waals surface area contributed by atoms with Gasteiger partial charge in [-0.3, -0.25) is 4.79 Å². The molecule has 0 spiro atoms. The molecule has 1 aliphatic carbocycles. The molecule has 3 rings (SSSR count). The zero-order valence-electron chi connectivity index (χ0n) is 14.1. The highest BCUT2D eigenvalue weighted by atomic mass is 19.1. The number of hydrogen-bond donors (Lipinski definition) is 2. The third-order valence-electron chi connectivity index (χ3n) is 4.80. The molecule has 24 heavy (non-hydrogen) atoms. The Balaban J connectivity index is 1.71. The number of aliphatic hydroxyl groups is 1. The lowest BCUT2D eigenvalue weighted by atomic mass is 9.93. The van der Waals surface area contributed by atoms with Crippen LogP contribution in [0.1, 0.15) is 42.4 Å². The fourth-order valence-electron chi connectivity index (χ4n) is 3.22. The average Bonchev–Trinajstić information content (AvgIpc) is 3.25. The summed E-state index contributed by atoms with van der Waals surface area (Å²) >= 11 is 0. The Bertz CT molecular complexity index is 757. The van der Waals surface area contributed by atoms with Crippen molar-refractivity contribution in [3.8, 4) is 0 Å². The first kappa shape index (κ1) is 16.7. The molecule has 2 aromatic rings. The van der Waals surface area contributed by atoms with E-state index in [0.717, 1.165) is 24.2 Å². The van der Waals surface area contributed by atoms with Crippen LogP contribution in [0.2, 0.25) is 0 Å². The van der Waals surface area contributed by atoms with Crippen molar-refractivity contribution in [1.29, 1.82) is 0 Å². The number of carbonyl (C=O) groups excluding carboxylic acids is 1. The zero-order valence-corrected chi connectivity index (χ0v) is 14.1. The maximum absolute atomic E-state index is 13.1. The van der Waals surface area contributed by atoms with Gasteiger partial charge in [0.15, 0.2) is 0 Å². The van der Waals surface area contributed by atoms with Crippen LogP contribution in [0.3, 0.4) is 0 Å². The highest BCUT2D eigenvalue weighted by Crippen LogP contribution is 2.48. The Labute approximate surface area is 140 Å². The van der Waals surface area contributed by atoms with E-state index in [4.69, 9.17) is 4.42 Å². The molecule has 1 unspecified atom stereocenters. The zero-order chi connectivity index (χ0) is 17.5. The Kier molecular flexibility index (Phi) is 4.00. The van der Waals surface area contributed by atoms with Crippen molar-refractivity contribution in [2.24, 2.45) is 0 Å². The van der Waals surface area contributed by atoms with E-state index in [1.54, 1.807) is 32.0 Å². The van der Waals surface area contributed by atoms with E-state index >= 15 is 0 Å². The van der Waals surface area contributed by atoms with Gasteiger partial charge in [-0.2, -0.15) is 0 Å². The fourth-order valence-corrected chi connectivity index (χ4v) is 3.22. The van der Waals surface area contributed by atoms with Gasteiger partial charge >= 0.3 is 0 Å².